The van der Waals surface area contributed by atoms with E-state index >= 15 is 0 Å². The average Bonchev–Trinajstić information content (AvgIpc) is 2.38. The molecule has 0 unspecified atom stereocenters. The number of hydrogen-bond acceptors (Lipinski definition) is 5. The quantitative estimate of drug-likeness (QED) is 0.735. The van der Waals surface area contributed by atoms with Gasteiger partial charge in [0.1, 0.15) is 5.82 Å². The molecule has 2 aromatic heterocycles. The Balaban J connectivity index is 2.17. The van der Waals surface area contributed by atoms with Gasteiger partial charge in [-0.1, -0.05) is 6.07 Å². The fourth-order valence-corrected chi connectivity index (χ4v) is 1.52. The van der Waals surface area contributed by atoms with E-state index in [1.807, 2.05) is 12.1 Å². The van der Waals surface area contributed by atoms with Crippen molar-refractivity contribution in [3.63, 3.8) is 0 Å². The van der Waals surface area contributed by atoms with Crippen molar-refractivity contribution in [1.29, 1.82) is 0 Å². The Kier molecular flexibility index (Phi) is 3.38. The third kappa shape index (κ3) is 2.73. The standard InChI is InChI=1S/C12H13N5O/c13-11-4-9(12(14)18)10(7-17-11)16-6-8-2-1-3-15-5-8/h1-5,7,16H,6H2,(H2,13,17)(H2,14,18). The SMILES string of the molecule is NC(=O)c1cc(N)ncc1NCc1cccnc1. The van der Waals surface area contributed by atoms with E-state index < -0.39 is 5.91 Å². The summed E-state index contributed by atoms with van der Waals surface area (Å²) in [6.45, 7) is 0.527. The van der Waals surface area contributed by atoms with Gasteiger partial charge in [0.2, 0.25) is 0 Å². The number of nitrogens with one attached hydrogen (secondary N) is 1. The first-order chi connectivity index (χ1) is 8.66. The number of carbonyl (C=O) groups is 1. The van der Waals surface area contributed by atoms with Crippen LogP contribution >= 0.6 is 0 Å². The molecule has 0 bridgehead atoms. The monoisotopic (exact) mass is 243 g/mol. The first kappa shape index (κ1) is 11.8. The van der Waals surface area contributed by atoms with Gasteiger partial charge in [-0.25, -0.2) is 4.98 Å². The maximum atomic E-state index is 11.3. The molecule has 0 spiro atoms. The van der Waals surface area contributed by atoms with Crippen LogP contribution in [-0.2, 0) is 6.54 Å². The van der Waals surface area contributed by atoms with Crippen molar-refractivity contribution in [2.75, 3.05) is 11.1 Å². The summed E-state index contributed by atoms with van der Waals surface area (Å²) in [5.41, 5.74) is 12.7. The Morgan fingerprint density at radius 1 is 1.39 bits per heavy atom. The minimum absolute atomic E-state index is 0.260. The van der Waals surface area contributed by atoms with E-state index in [1.165, 1.54) is 12.3 Å². The summed E-state index contributed by atoms with van der Waals surface area (Å²) in [6.07, 6.45) is 4.93. The summed E-state index contributed by atoms with van der Waals surface area (Å²) >= 11 is 0. The lowest BCUT2D eigenvalue weighted by Gasteiger charge is -2.09. The average molecular weight is 243 g/mol. The van der Waals surface area contributed by atoms with Gasteiger partial charge in [0.25, 0.3) is 5.91 Å². The molecule has 0 atom stereocenters. The number of primary amides is 1. The highest BCUT2D eigenvalue weighted by atomic mass is 16.1. The van der Waals surface area contributed by atoms with Crippen LogP contribution in [0.25, 0.3) is 0 Å². The molecule has 2 aromatic rings. The second-order valence-corrected chi connectivity index (χ2v) is 3.73. The number of pyridine rings is 2. The zero-order valence-corrected chi connectivity index (χ0v) is 9.63. The first-order valence-electron chi connectivity index (χ1n) is 5.35. The maximum absolute atomic E-state index is 11.3. The highest BCUT2D eigenvalue weighted by Crippen LogP contribution is 2.16. The fourth-order valence-electron chi connectivity index (χ4n) is 1.52. The highest BCUT2D eigenvalue weighted by Gasteiger charge is 2.09. The largest absolute Gasteiger partial charge is 0.384 e. The molecule has 5 N–H and O–H groups in total. The lowest BCUT2D eigenvalue weighted by atomic mass is 10.2. The number of aromatic nitrogens is 2. The van der Waals surface area contributed by atoms with E-state index in [-0.39, 0.29) is 5.82 Å². The number of anilines is 2. The Morgan fingerprint density at radius 2 is 2.22 bits per heavy atom. The van der Waals surface area contributed by atoms with Gasteiger partial charge in [0.15, 0.2) is 0 Å². The highest BCUT2D eigenvalue weighted by molar-refractivity contribution is 5.98. The van der Waals surface area contributed by atoms with Gasteiger partial charge in [-0.3, -0.25) is 9.78 Å². The molecule has 18 heavy (non-hydrogen) atoms. The second-order valence-electron chi connectivity index (χ2n) is 3.73. The minimum atomic E-state index is -0.544. The molecule has 2 rings (SSSR count). The van der Waals surface area contributed by atoms with Crippen molar-refractivity contribution in [2.24, 2.45) is 5.73 Å². The molecule has 0 aliphatic heterocycles. The summed E-state index contributed by atoms with van der Waals surface area (Å²) in [4.78, 5) is 19.2. The van der Waals surface area contributed by atoms with Crippen molar-refractivity contribution >= 4 is 17.4 Å². The summed E-state index contributed by atoms with van der Waals surface area (Å²) in [6, 6.07) is 5.22. The van der Waals surface area contributed by atoms with Crippen LogP contribution in [0.15, 0.2) is 36.8 Å². The summed E-state index contributed by atoms with van der Waals surface area (Å²) < 4.78 is 0. The van der Waals surface area contributed by atoms with E-state index in [2.05, 4.69) is 15.3 Å². The Hall–Kier alpha value is -2.63. The van der Waals surface area contributed by atoms with Crippen molar-refractivity contribution in [3.8, 4) is 0 Å². The first-order valence-corrected chi connectivity index (χ1v) is 5.35. The van der Waals surface area contributed by atoms with Crippen LogP contribution in [0.1, 0.15) is 15.9 Å². The molecule has 2 heterocycles. The van der Waals surface area contributed by atoms with Gasteiger partial charge >= 0.3 is 0 Å². The van der Waals surface area contributed by atoms with Crippen molar-refractivity contribution in [2.45, 2.75) is 6.54 Å². The number of hydrogen-bond donors (Lipinski definition) is 3. The summed E-state index contributed by atoms with van der Waals surface area (Å²) in [5, 5.41) is 3.08. The fraction of sp³-hybridized carbons (Fsp3) is 0.0833. The molecule has 0 aromatic carbocycles. The molecule has 0 radical (unpaired) electrons. The zero-order valence-electron chi connectivity index (χ0n) is 9.63. The van der Waals surface area contributed by atoms with Crippen LogP contribution in [0.3, 0.4) is 0 Å². The minimum Gasteiger partial charge on any atom is -0.384 e. The molecule has 0 aliphatic rings. The third-order valence-electron chi connectivity index (χ3n) is 2.40. The molecule has 0 saturated heterocycles. The van der Waals surface area contributed by atoms with Crippen LogP contribution in [0.4, 0.5) is 11.5 Å². The summed E-state index contributed by atoms with van der Waals surface area (Å²) in [7, 11) is 0. The normalized spacial score (nSPS) is 10.0. The van der Waals surface area contributed by atoms with E-state index in [9.17, 15) is 4.79 Å². The molecule has 0 aliphatic carbocycles. The molecule has 1 amide bonds. The Bertz CT molecular complexity index is 556. The van der Waals surface area contributed by atoms with Gasteiger partial charge in [0, 0.05) is 18.9 Å². The number of nitrogens with zero attached hydrogens (tertiary/aromatic N) is 2. The number of rotatable bonds is 4. The van der Waals surface area contributed by atoms with Crippen molar-refractivity contribution < 1.29 is 4.79 Å². The van der Waals surface area contributed by atoms with E-state index in [0.717, 1.165) is 5.56 Å². The molecular weight excluding hydrogens is 230 g/mol. The van der Waals surface area contributed by atoms with Crippen LogP contribution in [0.5, 0.6) is 0 Å². The molecule has 6 heteroatoms. The molecule has 92 valence electrons. The number of nitrogens with two attached hydrogens (primary N) is 2. The van der Waals surface area contributed by atoms with E-state index in [1.54, 1.807) is 12.4 Å². The number of carbonyl (C=O) groups excluding carboxylic acids is 1. The Labute approximate surface area is 104 Å². The van der Waals surface area contributed by atoms with E-state index in [0.29, 0.717) is 17.8 Å². The van der Waals surface area contributed by atoms with Crippen LogP contribution in [0, 0.1) is 0 Å². The van der Waals surface area contributed by atoms with Crippen LogP contribution in [-0.4, -0.2) is 15.9 Å². The predicted octanol–water partition coefficient (Wildman–Crippen LogP) is 0.770. The van der Waals surface area contributed by atoms with Crippen molar-refractivity contribution in [3.05, 3.63) is 47.9 Å². The van der Waals surface area contributed by atoms with Crippen molar-refractivity contribution in [1.82, 2.24) is 9.97 Å². The Morgan fingerprint density at radius 3 is 2.89 bits per heavy atom. The topological polar surface area (TPSA) is 107 Å². The van der Waals surface area contributed by atoms with Crippen LogP contribution < -0.4 is 16.8 Å². The zero-order chi connectivity index (χ0) is 13.0. The maximum Gasteiger partial charge on any atom is 0.250 e. The molecule has 0 fully saturated rings. The lowest BCUT2D eigenvalue weighted by Crippen LogP contribution is -2.15. The van der Waals surface area contributed by atoms with Gasteiger partial charge in [-0.2, -0.15) is 0 Å². The number of amides is 1. The molecular formula is C12H13N5O. The van der Waals surface area contributed by atoms with Crippen LogP contribution in [0.2, 0.25) is 0 Å². The number of nitrogen functional groups attached to an aromatic ring is 1. The summed E-state index contributed by atoms with van der Waals surface area (Å²) in [5.74, 6) is -0.284. The van der Waals surface area contributed by atoms with Gasteiger partial charge < -0.3 is 16.8 Å². The second kappa shape index (κ2) is 5.13. The van der Waals surface area contributed by atoms with E-state index in [4.69, 9.17) is 11.5 Å². The van der Waals surface area contributed by atoms with Gasteiger partial charge in [0.05, 0.1) is 17.4 Å². The van der Waals surface area contributed by atoms with Gasteiger partial charge in [-0.15, -0.1) is 0 Å². The molecule has 0 saturated carbocycles. The lowest BCUT2D eigenvalue weighted by molar-refractivity contribution is 0.100. The predicted molar refractivity (Wildman–Crippen MR) is 68.7 cm³/mol. The van der Waals surface area contributed by atoms with Gasteiger partial charge in [-0.05, 0) is 17.7 Å². The smallest absolute Gasteiger partial charge is 0.250 e. The molecule has 6 nitrogen and oxygen atoms in total. The third-order valence-corrected chi connectivity index (χ3v) is 2.40.